The van der Waals surface area contributed by atoms with Gasteiger partial charge in [-0.3, -0.25) is 4.79 Å². The molecule has 1 aromatic rings. The number of aliphatic carboxylic acids is 1. The highest BCUT2D eigenvalue weighted by atomic mass is 35.5. The second kappa shape index (κ2) is 5.06. The Balaban J connectivity index is 2.20. The van der Waals surface area contributed by atoms with Crippen LogP contribution in [0.5, 0.6) is 0 Å². The van der Waals surface area contributed by atoms with Gasteiger partial charge < -0.3 is 9.84 Å². The Morgan fingerprint density at radius 3 is 2.68 bits per heavy atom. The number of carbonyl (C=O) groups is 2. The van der Waals surface area contributed by atoms with Crippen molar-refractivity contribution in [3.8, 4) is 0 Å². The third-order valence-corrected chi connectivity index (χ3v) is 3.50. The van der Waals surface area contributed by atoms with E-state index in [2.05, 4.69) is 0 Å². The maximum absolute atomic E-state index is 13.9. The molecule has 0 fully saturated rings. The number of fused-ring (bicyclic) bond motifs is 1. The molecule has 1 N–H and O–H groups in total. The summed E-state index contributed by atoms with van der Waals surface area (Å²) in [5.41, 5.74) is -0.948. The summed E-state index contributed by atoms with van der Waals surface area (Å²) in [6.07, 6.45) is 0.879. The molecule has 0 saturated heterocycles. The minimum atomic E-state index is -1.45. The van der Waals surface area contributed by atoms with Crippen molar-refractivity contribution in [1.29, 1.82) is 0 Å². The van der Waals surface area contributed by atoms with Crippen molar-refractivity contribution in [2.45, 2.75) is 6.10 Å². The van der Waals surface area contributed by atoms with E-state index in [0.717, 1.165) is 24.3 Å². The Morgan fingerprint density at radius 1 is 1.27 bits per heavy atom. The molecule has 2 aliphatic rings. The summed E-state index contributed by atoms with van der Waals surface area (Å²) in [6.45, 7) is 0. The lowest BCUT2D eigenvalue weighted by molar-refractivity contribution is -0.133. The fraction of sp³-hybridized carbons (Fsp3) is 0.0667. The van der Waals surface area contributed by atoms with Gasteiger partial charge in [0.25, 0.3) is 0 Å². The van der Waals surface area contributed by atoms with Crippen molar-refractivity contribution in [2.24, 2.45) is 0 Å². The standard InChI is InChI=1S/C15H7ClF2O4/c16-6-3-10(19)12-11(4-6)22-14(13(12)15(20)21)8-5-7(17)1-2-9(8)18/h1-5,14H,(H,20,21). The maximum atomic E-state index is 13.9. The number of hydrogen-bond donors (Lipinski definition) is 1. The van der Waals surface area contributed by atoms with Gasteiger partial charge in [-0.1, -0.05) is 11.6 Å². The van der Waals surface area contributed by atoms with Crippen LogP contribution in [0.25, 0.3) is 0 Å². The second-order valence-electron chi connectivity index (χ2n) is 4.66. The van der Waals surface area contributed by atoms with Crippen LogP contribution >= 0.6 is 11.6 Å². The first-order valence-corrected chi connectivity index (χ1v) is 6.49. The number of rotatable bonds is 2. The molecule has 22 heavy (non-hydrogen) atoms. The zero-order valence-corrected chi connectivity index (χ0v) is 11.5. The van der Waals surface area contributed by atoms with Crippen LogP contribution in [0.2, 0.25) is 0 Å². The first-order chi connectivity index (χ1) is 10.4. The quantitative estimate of drug-likeness (QED) is 0.908. The van der Waals surface area contributed by atoms with E-state index in [1.165, 1.54) is 6.08 Å². The Bertz CT molecular complexity index is 808. The second-order valence-corrected chi connectivity index (χ2v) is 5.10. The van der Waals surface area contributed by atoms with Crippen molar-refractivity contribution in [3.63, 3.8) is 0 Å². The maximum Gasteiger partial charge on any atom is 0.336 e. The lowest BCUT2D eigenvalue weighted by atomic mass is 9.94. The highest BCUT2D eigenvalue weighted by Crippen LogP contribution is 2.44. The van der Waals surface area contributed by atoms with Crippen LogP contribution in [-0.4, -0.2) is 16.9 Å². The summed E-state index contributed by atoms with van der Waals surface area (Å²) >= 11 is 5.74. The van der Waals surface area contributed by atoms with E-state index in [9.17, 15) is 23.5 Å². The number of ketones is 1. The third kappa shape index (κ3) is 2.21. The van der Waals surface area contributed by atoms with Gasteiger partial charge in [0, 0.05) is 16.7 Å². The van der Waals surface area contributed by atoms with Crippen molar-refractivity contribution in [3.05, 3.63) is 69.5 Å². The molecule has 1 aliphatic heterocycles. The number of allylic oxidation sites excluding steroid dienone is 4. The van der Waals surface area contributed by atoms with Crippen LogP contribution in [0.4, 0.5) is 8.78 Å². The van der Waals surface area contributed by atoms with Gasteiger partial charge in [-0.2, -0.15) is 0 Å². The molecule has 0 radical (unpaired) electrons. The highest BCUT2D eigenvalue weighted by molar-refractivity contribution is 6.34. The Kier molecular flexibility index (Phi) is 3.33. The molecule has 1 atom stereocenters. The van der Waals surface area contributed by atoms with E-state index in [1.807, 2.05) is 0 Å². The average Bonchev–Trinajstić information content (AvgIpc) is 2.80. The molecule has 7 heteroatoms. The van der Waals surface area contributed by atoms with E-state index in [1.54, 1.807) is 0 Å². The predicted octanol–water partition coefficient (Wildman–Crippen LogP) is 3.01. The molecule has 1 aromatic carbocycles. The van der Waals surface area contributed by atoms with Crippen molar-refractivity contribution in [2.75, 3.05) is 0 Å². The van der Waals surface area contributed by atoms with Crippen molar-refractivity contribution >= 4 is 23.4 Å². The van der Waals surface area contributed by atoms with Gasteiger partial charge in [0.1, 0.15) is 17.4 Å². The molecule has 0 amide bonds. The van der Waals surface area contributed by atoms with Crippen LogP contribution in [0.3, 0.4) is 0 Å². The van der Waals surface area contributed by atoms with Crippen molar-refractivity contribution in [1.82, 2.24) is 0 Å². The molecular weight excluding hydrogens is 318 g/mol. The number of carbonyl (C=O) groups excluding carboxylic acids is 1. The highest BCUT2D eigenvalue weighted by Gasteiger charge is 2.41. The van der Waals surface area contributed by atoms with Gasteiger partial charge in [0.05, 0.1) is 11.1 Å². The molecule has 112 valence electrons. The number of hydrogen-bond acceptors (Lipinski definition) is 3. The molecule has 3 rings (SSSR count). The van der Waals surface area contributed by atoms with E-state index in [0.29, 0.717) is 0 Å². The molecule has 0 spiro atoms. The normalized spacial score (nSPS) is 20.3. The number of benzene rings is 1. The minimum Gasteiger partial charge on any atom is -0.480 e. The number of carboxylic acids is 1. The smallest absolute Gasteiger partial charge is 0.336 e. The van der Waals surface area contributed by atoms with Gasteiger partial charge in [0.15, 0.2) is 11.9 Å². The van der Waals surface area contributed by atoms with Gasteiger partial charge in [-0.15, -0.1) is 0 Å². The Labute approximate surface area is 128 Å². The van der Waals surface area contributed by atoms with Crippen LogP contribution in [0.1, 0.15) is 11.7 Å². The summed E-state index contributed by atoms with van der Waals surface area (Å²) in [7, 11) is 0. The Hall–Kier alpha value is -2.47. The van der Waals surface area contributed by atoms with Crippen LogP contribution in [0.15, 0.2) is 52.3 Å². The molecule has 1 heterocycles. The summed E-state index contributed by atoms with van der Waals surface area (Å²) in [5.74, 6) is -3.76. The minimum absolute atomic E-state index is 0.0638. The number of carboxylic acid groups (broad SMARTS) is 1. The molecule has 0 aromatic heterocycles. The Morgan fingerprint density at radius 2 is 2.00 bits per heavy atom. The molecule has 0 saturated carbocycles. The SMILES string of the molecule is O=C(O)C1=C2C(=O)C=C(Cl)C=C2OC1c1cc(F)ccc1F. The molecule has 1 aliphatic carbocycles. The first-order valence-electron chi connectivity index (χ1n) is 6.11. The van der Waals surface area contributed by atoms with E-state index < -0.39 is 35.1 Å². The van der Waals surface area contributed by atoms with Crippen molar-refractivity contribution < 1.29 is 28.2 Å². The van der Waals surface area contributed by atoms with Crippen LogP contribution in [-0.2, 0) is 14.3 Å². The van der Waals surface area contributed by atoms with Crippen LogP contribution < -0.4 is 0 Å². The summed E-state index contributed by atoms with van der Waals surface area (Å²) in [5, 5.41) is 9.40. The zero-order valence-electron chi connectivity index (χ0n) is 10.8. The molecule has 4 nitrogen and oxygen atoms in total. The first kappa shape index (κ1) is 14.5. The number of ether oxygens (including phenoxy) is 1. The topological polar surface area (TPSA) is 63.6 Å². The van der Waals surface area contributed by atoms with E-state index >= 15 is 0 Å². The summed E-state index contributed by atoms with van der Waals surface area (Å²) < 4.78 is 32.6. The van der Waals surface area contributed by atoms with E-state index in [4.69, 9.17) is 16.3 Å². The lowest BCUT2D eigenvalue weighted by Crippen LogP contribution is -2.13. The largest absolute Gasteiger partial charge is 0.480 e. The summed E-state index contributed by atoms with van der Waals surface area (Å²) in [6, 6.07) is 2.60. The fourth-order valence-corrected chi connectivity index (χ4v) is 2.59. The average molecular weight is 325 g/mol. The zero-order chi connectivity index (χ0) is 16.0. The molecular formula is C15H7ClF2O4. The lowest BCUT2D eigenvalue weighted by Gasteiger charge is -2.14. The van der Waals surface area contributed by atoms with Gasteiger partial charge in [0.2, 0.25) is 0 Å². The predicted molar refractivity (Wildman–Crippen MR) is 71.9 cm³/mol. The molecule has 0 bridgehead atoms. The van der Waals surface area contributed by atoms with Gasteiger partial charge in [-0.05, 0) is 24.3 Å². The monoisotopic (exact) mass is 324 g/mol. The van der Waals surface area contributed by atoms with Gasteiger partial charge >= 0.3 is 5.97 Å². The van der Waals surface area contributed by atoms with E-state index in [-0.39, 0.29) is 21.9 Å². The fourth-order valence-electron chi connectivity index (χ4n) is 2.39. The number of halogens is 3. The molecule has 1 unspecified atom stereocenters. The third-order valence-electron chi connectivity index (χ3n) is 3.28. The van der Waals surface area contributed by atoms with Gasteiger partial charge in [-0.25, -0.2) is 13.6 Å². The summed E-state index contributed by atoms with van der Waals surface area (Å²) in [4.78, 5) is 23.4. The van der Waals surface area contributed by atoms with Crippen LogP contribution in [0, 0.1) is 11.6 Å².